The molecule has 3 aliphatic rings. The van der Waals surface area contributed by atoms with E-state index in [-0.39, 0.29) is 11.7 Å². The van der Waals surface area contributed by atoms with E-state index in [0.717, 1.165) is 56.2 Å². The van der Waals surface area contributed by atoms with Crippen LogP contribution in [0.1, 0.15) is 79.5 Å². The maximum Gasteiger partial charge on any atom is 0.275 e. The monoisotopic (exact) mass is 381 g/mol. The highest BCUT2D eigenvalue weighted by molar-refractivity contribution is 5.95. The van der Waals surface area contributed by atoms with Crippen molar-refractivity contribution in [1.82, 2.24) is 14.7 Å². The summed E-state index contributed by atoms with van der Waals surface area (Å²) in [6, 6.07) is 7.44. The molecule has 4 nitrogen and oxygen atoms in total. The van der Waals surface area contributed by atoms with Gasteiger partial charge in [-0.3, -0.25) is 4.79 Å². The zero-order valence-corrected chi connectivity index (χ0v) is 16.4. The molecule has 0 spiro atoms. The first-order chi connectivity index (χ1) is 13.7. The van der Waals surface area contributed by atoms with Crippen LogP contribution in [0.2, 0.25) is 0 Å². The van der Waals surface area contributed by atoms with E-state index >= 15 is 0 Å². The average molecular weight is 381 g/mol. The number of carbonyl (C=O) groups is 1. The molecular weight excluding hydrogens is 353 g/mol. The Morgan fingerprint density at radius 3 is 2.25 bits per heavy atom. The smallest absolute Gasteiger partial charge is 0.275 e. The van der Waals surface area contributed by atoms with Crippen LogP contribution in [0.3, 0.4) is 0 Å². The molecule has 0 atom stereocenters. The van der Waals surface area contributed by atoms with Crippen molar-refractivity contribution in [3.05, 3.63) is 47.0 Å². The number of rotatable bonds is 4. The minimum Gasteiger partial charge on any atom is -0.331 e. The summed E-state index contributed by atoms with van der Waals surface area (Å²) in [5.41, 5.74) is 3.10. The van der Waals surface area contributed by atoms with Gasteiger partial charge in [-0.05, 0) is 57.1 Å². The van der Waals surface area contributed by atoms with Crippen molar-refractivity contribution in [1.29, 1.82) is 0 Å². The molecular formula is C23H28FN3O. The molecule has 5 rings (SSSR count). The highest BCUT2D eigenvalue weighted by Crippen LogP contribution is 2.35. The fourth-order valence-electron chi connectivity index (χ4n) is 5.55. The number of carbonyl (C=O) groups excluding carboxylic acids is 1. The molecule has 0 unspecified atom stereocenters. The van der Waals surface area contributed by atoms with Crippen molar-refractivity contribution >= 4 is 5.91 Å². The van der Waals surface area contributed by atoms with Gasteiger partial charge in [0.25, 0.3) is 5.91 Å². The van der Waals surface area contributed by atoms with Gasteiger partial charge in [-0.15, -0.1) is 0 Å². The highest BCUT2D eigenvalue weighted by Gasteiger charge is 2.38. The maximum atomic E-state index is 14.4. The van der Waals surface area contributed by atoms with Gasteiger partial charge in [-0.1, -0.05) is 37.8 Å². The molecule has 0 aliphatic heterocycles. The summed E-state index contributed by atoms with van der Waals surface area (Å²) < 4.78 is 16.1. The van der Waals surface area contributed by atoms with Gasteiger partial charge in [-0.25, -0.2) is 9.07 Å². The normalized spacial score (nSPS) is 20.0. The highest BCUT2D eigenvalue weighted by atomic mass is 19.1. The summed E-state index contributed by atoms with van der Waals surface area (Å²) in [6.07, 6.45) is 12.0. The SMILES string of the molecule is O=C(c1nn(-c2ccccc2F)c2c1CCC2)N(C1CCCC1)C1CCCC1. The zero-order valence-electron chi connectivity index (χ0n) is 16.4. The number of halogens is 1. The third-order valence-corrected chi connectivity index (χ3v) is 6.88. The zero-order chi connectivity index (χ0) is 19.1. The van der Waals surface area contributed by atoms with Crippen molar-refractivity contribution in [2.45, 2.75) is 82.7 Å². The Labute approximate surface area is 165 Å². The molecule has 2 saturated carbocycles. The number of nitrogens with zero attached hydrogens (tertiary/aromatic N) is 3. The van der Waals surface area contributed by atoms with Gasteiger partial charge in [0.05, 0.1) is 0 Å². The fraction of sp³-hybridized carbons (Fsp3) is 0.565. The fourth-order valence-corrected chi connectivity index (χ4v) is 5.55. The predicted molar refractivity (Wildman–Crippen MR) is 106 cm³/mol. The molecule has 1 aromatic heterocycles. The standard InChI is InChI=1S/C23H28FN3O/c24-19-13-5-6-14-21(19)27-20-15-7-12-18(20)22(25-27)23(28)26(16-8-1-2-9-16)17-10-3-4-11-17/h5-6,13-14,16-17H,1-4,7-12,15H2. The minimum atomic E-state index is -0.290. The molecule has 0 bridgehead atoms. The van der Waals surface area contributed by atoms with Crippen LogP contribution in [0, 0.1) is 5.82 Å². The largest absolute Gasteiger partial charge is 0.331 e. The van der Waals surface area contributed by atoms with E-state index in [1.54, 1.807) is 16.8 Å². The molecule has 1 heterocycles. The summed E-state index contributed by atoms with van der Waals surface area (Å²) in [6.45, 7) is 0. The van der Waals surface area contributed by atoms with Crippen molar-refractivity contribution in [3.8, 4) is 5.69 Å². The van der Waals surface area contributed by atoms with Crippen LogP contribution in [-0.4, -0.2) is 32.7 Å². The van der Waals surface area contributed by atoms with E-state index in [9.17, 15) is 9.18 Å². The first-order valence-corrected chi connectivity index (χ1v) is 10.9. The number of hydrogen-bond acceptors (Lipinski definition) is 2. The Kier molecular flexibility index (Phi) is 4.69. The predicted octanol–water partition coefficient (Wildman–Crippen LogP) is 4.83. The van der Waals surface area contributed by atoms with Crippen LogP contribution < -0.4 is 0 Å². The van der Waals surface area contributed by atoms with Crippen molar-refractivity contribution in [3.63, 3.8) is 0 Å². The second-order valence-corrected chi connectivity index (χ2v) is 8.58. The lowest BCUT2D eigenvalue weighted by Gasteiger charge is -2.34. The van der Waals surface area contributed by atoms with Gasteiger partial charge in [-0.2, -0.15) is 5.10 Å². The lowest BCUT2D eigenvalue weighted by molar-refractivity contribution is 0.0572. The molecule has 0 saturated heterocycles. The number of aromatic nitrogens is 2. The number of amides is 1. The van der Waals surface area contributed by atoms with E-state index in [0.29, 0.717) is 23.5 Å². The molecule has 1 aromatic carbocycles. The van der Waals surface area contributed by atoms with Crippen molar-refractivity contribution in [2.75, 3.05) is 0 Å². The van der Waals surface area contributed by atoms with E-state index < -0.39 is 0 Å². The Balaban J connectivity index is 1.55. The molecule has 2 fully saturated rings. The summed E-state index contributed by atoms with van der Waals surface area (Å²) in [4.78, 5) is 16.0. The molecule has 28 heavy (non-hydrogen) atoms. The lowest BCUT2D eigenvalue weighted by Crippen LogP contribution is -2.45. The first kappa shape index (κ1) is 17.9. The first-order valence-electron chi connectivity index (χ1n) is 10.9. The second kappa shape index (κ2) is 7.34. The molecule has 0 radical (unpaired) electrons. The molecule has 0 N–H and O–H groups in total. The Morgan fingerprint density at radius 1 is 0.964 bits per heavy atom. The van der Waals surface area contributed by atoms with Crippen molar-refractivity contribution < 1.29 is 9.18 Å². The summed E-state index contributed by atoms with van der Waals surface area (Å²) in [5.74, 6) is -0.200. The van der Waals surface area contributed by atoms with Crippen LogP contribution in [-0.2, 0) is 12.8 Å². The average Bonchev–Trinajstić information content (AvgIpc) is 3.48. The van der Waals surface area contributed by atoms with Gasteiger partial charge in [0, 0.05) is 23.3 Å². The second-order valence-electron chi connectivity index (χ2n) is 8.58. The molecule has 5 heteroatoms. The van der Waals surface area contributed by atoms with E-state index in [2.05, 4.69) is 4.90 Å². The number of para-hydroxylation sites is 1. The quantitative estimate of drug-likeness (QED) is 0.761. The van der Waals surface area contributed by atoms with Crippen molar-refractivity contribution in [2.24, 2.45) is 0 Å². The lowest BCUT2D eigenvalue weighted by atomic mass is 10.1. The van der Waals surface area contributed by atoms with Crippen LogP contribution in [0.15, 0.2) is 24.3 Å². The van der Waals surface area contributed by atoms with Crippen LogP contribution >= 0.6 is 0 Å². The topological polar surface area (TPSA) is 38.1 Å². The Morgan fingerprint density at radius 2 is 1.61 bits per heavy atom. The third kappa shape index (κ3) is 2.96. The summed E-state index contributed by atoms with van der Waals surface area (Å²) in [7, 11) is 0. The molecule has 1 amide bonds. The van der Waals surface area contributed by atoms with Crippen LogP contribution in [0.4, 0.5) is 4.39 Å². The number of fused-ring (bicyclic) bond motifs is 1. The number of hydrogen-bond donors (Lipinski definition) is 0. The molecule has 3 aliphatic carbocycles. The molecule has 2 aromatic rings. The van der Waals surface area contributed by atoms with Gasteiger partial charge in [0.2, 0.25) is 0 Å². The summed E-state index contributed by atoms with van der Waals surface area (Å²) >= 11 is 0. The Bertz CT molecular complexity index is 862. The van der Waals surface area contributed by atoms with Crippen LogP contribution in [0.5, 0.6) is 0 Å². The van der Waals surface area contributed by atoms with Gasteiger partial charge < -0.3 is 4.90 Å². The van der Waals surface area contributed by atoms with E-state index in [1.807, 2.05) is 6.07 Å². The van der Waals surface area contributed by atoms with E-state index in [1.165, 1.54) is 31.7 Å². The van der Waals surface area contributed by atoms with Crippen LogP contribution in [0.25, 0.3) is 5.69 Å². The van der Waals surface area contributed by atoms with Gasteiger partial charge in [0.15, 0.2) is 5.69 Å². The van der Waals surface area contributed by atoms with E-state index in [4.69, 9.17) is 5.10 Å². The third-order valence-electron chi connectivity index (χ3n) is 6.88. The molecule has 148 valence electrons. The van der Waals surface area contributed by atoms with Gasteiger partial charge in [0.1, 0.15) is 11.5 Å². The number of benzene rings is 1. The van der Waals surface area contributed by atoms with Gasteiger partial charge >= 0.3 is 0 Å². The summed E-state index contributed by atoms with van der Waals surface area (Å²) in [5, 5.41) is 4.71. The Hall–Kier alpha value is -2.17. The maximum absolute atomic E-state index is 14.4. The minimum absolute atomic E-state index is 0.0899.